The topological polar surface area (TPSA) is 66.0 Å². The maximum atomic E-state index is 12.9. The SMILES string of the molecule is O=C(c1c[nH]c2ncc(-c3ccc(C(F)(F)F)cc3CO)cc12)C1CC1. The maximum Gasteiger partial charge on any atom is 0.416 e. The number of aliphatic hydroxyl groups is 1. The summed E-state index contributed by atoms with van der Waals surface area (Å²) in [5.41, 5.74) is 1.46. The molecule has 1 saturated carbocycles. The van der Waals surface area contributed by atoms with Gasteiger partial charge in [0.2, 0.25) is 0 Å². The van der Waals surface area contributed by atoms with Gasteiger partial charge in [0.05, 0.1) is 12.2 Å². The van der Waals surface area contributed by atoms with Crippen molar-refractivity contribution in [1.29, 1.82) is 0 Å². The number of H-pyrrole nitrogens is 1. The fourth-order valence-electron chi connectivity index (χ4n) is 3.10. The number of carbonyl (C=O) groups excluding carboxylic acids is 1. The first-order valence-corrected chi connectivity index (χ1v) is 8.21. The Morgan fingerprint density at radius 1 is 1.27 bits per heavy atom. The summed E-state index contributed by atoms with van der Waals surface area (Å²) in [6, 6.07) is 4.97. The van der Waals surface area contributed by atoms with E-state index in [4.69, 9.17) is 0 Å². The molecule has 4 rings (SSSR count). The van der Waals surface area contributed by atoms with Crippen molar-refractivity contribution in [3.63, 3.8) is 0 Å². The average molecular weight is 360 g/mol. The quantitative estimate of drug-likeness (QED) is 0.681. The van der Waals surface area contributed by atoms with E-state index in [0.717, 1.165) is 25.0 Å². The highest BCUT2D eigenvalue weighted by molar-refractivity contribution is 6.09. The Balaban J connectivity index is 1.81. The maximum absolute atomic E-state index is 12.9. The molecule has 1 aromatic carbocycles. The van der Waals surface area contributed by atoms with Gasteiger partial charge in [0.25, 0.3) is 0 Å². The molecule has 0 atom stereocenters. The van der Waals surface area contributed by atoms with Crippen molar-refractivity contribution in [1.82, 2.24) is 9.97 Å². The molecule has 7 heteroatoms. The number of aromatic amines is 1. The Labute approximate surface area is 146 Å². The lowest BCUT2D eigenvalue weighted by Crippen LogP contribution is -2.06. The van der Waals surface area contributed by atoms with Crippen LogP contribution >= 0.6 is 0 Å². The predicted molar refractivity (Wildman–Crippen MR) is 89.5 cm³/mol. The van der Waals surface area contributed by atoms with Crippen LogP contribution in [0.3, 0.4) is 0 Å². The first kappa shape index (κ1) is 16.8. The Bertz CT molecular complexity index is 1000. The molecule has 2 heterocycles. The van der Waals surface area contributed by atoms with Crippen molar-refractivity contribution < 1.29 is 23.1 Å². The van der Waals surface area contributed by atoms with E-state index in [2.05, 4.69) is 9.97 Å². The highest BCUT2D eigenvalue weighted by Gasteiger charge is 2.32. The number of fused-ring (bicyclic) bond motifs is 1. The molecule has 0 bridgehead atoms. The first-order valence-electron chi connectivity index (χ1n) is 8.21. The second kappa shape index (κ2) is 5.95. The number of hydrogen-bond donors (Lipinski definition) is 2. The van der Waals surface area contributed by atoms with Crippen LogP contribution in [0.4, 0.5) is 13.2 Å². The number of benzene rings is 1. The zero-order valence-electron chi connectivity index (χ0n) is 13.6. The summed E-state index contributed by atoms with van der Waals surface area (Å²) in [5.74, 6) is 0.113. The van der Waals surface area contributed by atoms with E-state index in [-0.39, 0.29) is 17.3 Å². The highest BCUT2D eigenvalue weighted by atomic mass is 19.4. The number of nitrogens with one attached hydrogen (secondary N) is 1. The number of carbonyl (C=O) groups is 1. The van der Waals surface area contributed by atoms with Gasteiger partial charge in [-0.1, -0.05) is 6.07 Å². The molecule has 2 N–H and O–H groups in total. The average Bonchev–Trinajstić information content (AvgIpc) is 3.39. The van der Waals surface area contributed by atoms with E-state index >= 15 is 0 Å². The minimum atomic E-state index is -4.48. The van der Waals surface area contributed by atoms with Gasteiger partial charge < -0.3 is 10.1 Å². The van der Waals surface area contributed by atoms with Gasteiger partial charge in [-0.2, -0.15) is 13.2 Å². The lowest BCUT2D eigenvalue weighted by Gasteiger charge is -2.12. The molecule has 0 unspecified atom stereocenters. The van der Waals surface area contributed by atoms with Crippen LogP contribution < -0.4 is 0 Å². The summed E-state index contributed by atoms with van der Waals surface area (Å²) >= 11 is 0. The smallest absolute Gasteiger partial charge is 0.392 e. The summed E-state index contributed by atoms with van der Waals surface area (Å²) in [6.07, 6.45) is 0.432. The summed E-state index contributed by atoms with van der Waals surface area (Å²) < 4.78 is 38.7. The molecule has 4 nitrogen and oxygen atoms in total. The molecule has 1 aliphatic rings. The van der Waals surface area contributed by atoms with Crippen LogP contribution in [0, 0.1) is 5.92 Å². The Kier molecular flexibility index (Phi) is 3.84. The summed E-state index contributed by atoms with van der Waals surface area (Å²) in [7, 11) is 0. The summed E-state index contributed by atoms with van der Waals surface area (Å²) in [6.45, 7) is -0.529. The molecule has 0 amide bonds. The number of rotatable bonds is 4. The number of ketones is 1. The van der Waals surface area contributed by atoms with Crippen LogP contribution in [0.5, 0.6) is 0 Å². The molecule has 1 fully saturated rings. The van der Waals surface area contributed by atoms with Crippen LogP contribution in [-0.4, -0.2) is 20.9 Å². The van der Waals surface area contributed by atoms with Crippen LogP contribution in [0.1, 0.15) is 34.3 Å². The fraction of sp³-hybridized carbons (Fsp3) is 0.263. The lowest BCUT2D eigenvalue weighted by atomic mass is 9.97. The van der Waals surface area contributed by atoms with Crippen molar-refractivity contribution >= 4 is 16.8 Å². The zero-order valence-corrected chi connectivity index (χ0v) is 13.6. The molecule has 3 aromatic rings. The lowest BCUT2D eigenvalue weighted by molar-refractivity contribution is -0.137. The monoisotopic (exact) mass is 360 g/mol. The number of hydrogen-bond acceptors (Lipinski definition) is 3. The second-order valence-corrected chi connectivity index (χ2v) is 6.49. The Hall–Kier alpha value is -2.67. The number of halogens is 3. The molecule has 0 radical (unpaired) electrons. The molecular weight excluding hydrogens is 345 g/mol. The third-order valence-electron chi connectivity index (χ3n) is 4.66. The number of aromatic nitrogens is 2. The Morgan fingerprint density at radius 3 is 2.69 bits per heavy atom. The fourth-order valence-corrected chi connectivity index (χ4v) is 3.10. The standard InChI is InChI=1S/C19H15F3N2O2/c20-19(21,22)13-3-4-14(12(5-13)9-25)11-6-15-16(17(26)10-1-2-10)8-24-18(15)23-7-11/h3-8,10,25H,1-2,9H2,(H,23,24). The van der Waals surface area contributed by atoms with Gasteiger partial charge in [0.15, 0.2) is 5.78 Å². The van der Waals surface area contributed by atoms with Gasteiger partial charge in [0.1, 0.15) is 5.65 Å². The number of aliphatic hydroxyl groups excluding tert-OH is 1. The number of nitrogens with zero attached hydrogens (tertiary/aromatic N) is 1. The first-order chi connectivity index (χ1) is 12.4. The molecule has 26 heavy (non-hydrogen) atoms. The molecule has 0 spiro atoms. The van der Waals surface area contributed by atoms with Gasteiger partial charge in [-0.25, -0.2) is 4.98 Å². The van der Waals surface area contributed by atoms with Gasteiger partial charge in [-0.15, -0.1) is 0 Å². The summed E-state index contributed by atoms with van der Waals surface area (Å²) in [4.78, 5) is 19.6. The number of alkyl halides is 3. The third-order valence-corrected chi connectivity index (χ3v) is 4.66. The minimum Gasteiger partial charge on any atom is -0.392 e. The van der Waals surface area contributed by atoms with Crippen LogP contribution in [0.25, 0.3) is 22.2 Å². The van der Waals surface area contributed by atoms with Crippen LogP contribution in [0.15, 0.2) is 36.7 Å². The van der Waals surface area contributed by atoms with E-state index < -0.39 is 18.3 Å². The molecule has 0 aliphatic heterocycles. The number of Topliss-reactive ketones (excluding diaryl/α,β-unsaturated/α-hetero) is 1. The van der Waals surface area contributed by atoms with Crippen molar-refractivity contribution in [2.24, 2.45) is 5.92 Å². The number of pyridine rings is 1. The molecular formula is C19H15F3N2O2. The second-order valence-electron chi connectivity index (χ2n) is 6.49. The van der Waals surface area contributed by atoms with Crippen LogP contribution in [0.2, 0.25) is 0 Å². The molecule has 134 valence electrons. The van der Waals surface area contributed by atoms with E-state index in [1.165, 1.54) is 12.3 Å². The largest absolute Gasteiger partial charge is 0.416 e. The van der Waals surface area contributed by atoms with Crippen molar-refractivity contribution in [3.05, 3.63) is 53.3 Å². The zero-order chi connectivity index (χ0) is 18.5. The van der Waals surface area contributed by atoms with Gasteiger partial charge >= 0.3 is 6.18 Å². The van der Waals surface area contributed by atoms with Gasteiger partial charge in [-0.05, 0) is 42.2 Å². The van der Waals surface area contributed by atoms with Crippen molar-refractivity contribution in [2.75, 3.05) is 0 Å². The summed E-state index contributed by atoms with van der Waals surface area (Å²) in [5, 5.41) is 10.2. The normalized spacial score (nSPS) is 14.8. The predicted octanol–water partition coefficient (Wildman–Crippen LogP) is 4.33. The minimum absolute atomic E-state index is 0.0525. The third kappa shape index (κ3) is 2.88. The van der Waals surface area contributed by atoms with Gasteiger partial charge in [0, 0.05) is 34.8 Å². The van der Waals surface area contributed by atoms with E-state index in [1.807, 2.05) is 0 Å². The molecule has 1 aliphatic carbocycles. The highest BCUT2D eigenvalue weighted by Crippen LogP contribution is 2.36. The van der Waals surface area contributed by atoms with Crippen LogP contribution in [-0.2, 0) is 12.8 Å². The van der Waals surface area contributed by atoms with E-state index in [9.17, 15) is 23.1 Å². The Morgan fingerprint density at radius 2 is 2.04 bits per heavy atom. The van der Waals surface area contributed by atoms with E-state index in [0.29, 0.717) is 27.7 Å². The van der Waals surface area contributed by atoms with Gasteiger partial charge in [-0.3, -0.25) is 4.79 Å². The molecule has 2 aromatic heterocycles. The van der Waals surface area contributed by atoms with E-state index in [1.54, 1.807) is 12.3 Å². The molecule has 0 saturated heterocycles. The van der Waals surface area contributed by atoms with Crippen molar-refractivity contribution in [3.8, 4) is 11.1 Å². The van der Waals surface area contributed by atoms with Crippen molar-refractivity contribution in [2.45, 2.75) is 25.6 Å².